The van der Waals surface area contributed by atoms with Gasteiger partial charge in [0.25, 0.3) is 0 Å². The van der Waals surface area contributed by atoms with Gasteiger partial charge >= 0.3 is 0 Å². The predicted octanol–water partition coefficient (Wildman–Crippen LogP) is 4.77. The lowest BCUT2D eigenvalue weighted by Crippen LogP contribution is -2.21. The van der Waals surface area contributed by atoms with Gasteiger partial charge in [0, 0.05) is 30.2 Å². The number of hydrogen-bond acceptors (Lipinski definition) is 6. The molecule has 0 saturated carbocycles. The molecular formula is C21H26N6. The van der Waals surface area contributed by atoms with Gasteiger partial charge in [-0.2, -0.15) is 10.1 Å². The molecule has 2 aromatic carbocycles. The summed E-state index contributed by atoms with van der Waals surface area (Å²) in [6.07, 6.45) is 2.58. The molecule has 0 amide bonds. The molecule has 0 atom stereocenters. The molecular weight excluding hydrogens is 336 g/mol. The van der Waals surface area contributed by atoms with Crippen molar-refractivity contribution < 1.29 is 0 Å². The molecule has 0 aliphatic heterocycles. The van der Waals surface area contributed by atoms with Crippen molar-refractivity contribution in [3.63, 3.8) is 0 Å². The van der Waals surface area contributed by atoms with E-state index >= 15 is 0 Å². The Labute approximate surface area is 160 Å². The van der Waals surface area contributed by atoms with E-state index < -0.39 is 0 Å². The quantitative estimate of drug-likeness (QED) is 0.602. The summed E-state index contributed by atoms with van der Waals surface area (Å²) in [4.78, 5) is 6.83. The molecule has 1 heterocycles. The zero-order valence-electron chi connectivity index (χ0n) is 16.1. The molecule has 6 heteroatoms. The predicted molar refractivity (Wildman–Crippen MR) is 112 cm³/mol. The molecule has 1 aromatic heterocycles. The van der Waals surface area contributed by atoms with Crippen molar-refractivity contribution in [3.8, 4) is 0 Å². The average Bonchev–Trinajstić information content (AvgIpc) is 2.71. The Bertz CT molecular complexity index is 859. The smallest absolute Gasteiger partial charge is 0.249 e. The molecule has 27 heavy (non-hydrogen) atoms. The van der Waals surface area contributed by atoms with Gasteiger partial charge in [-0.15, -0.1) is 5.10 Å². The first-order chi connectivity index (χ1) is 13.2. The highest BCUT2D eigenvalue weighted by Gasteiger charge is 2.06. The monoisotopic (exact) mass is 362 g/mol. The zero-order valence-corrected chi connectivity index (χ0v) is 16.1. The summed E-state index contributed by atoms with van der Waals surface area (Å²) in [7, 11) is 0. The molecule has 2 N–H and O–H groups in total. The number of aryl methyl sites for hydroxylation is 1. The molecule has 0 fully saturated rings. The lowest BCUT2D eigenvalue weighted by atomic mass is 10.1. The normalized spacial score (nSPS) is 10.5. The van der Waals surface area contributed by atoms with Gasteiger partial charge in [0.2, 0.25) is 5.95 Å². The van der Waals surface area contributed by atoms with Crippen molar-refractivity contribution in [2.24, 2.45) is 0 Å². The van der Waals surface area contributed by atoms with Gasteiger partial charge in [-0.1, -0.05) is 25.1 Å². The molecule has 0 aliphatic rings. The van der Waals surface area contributed by atoms with Crippen LogP contribution in [0.1, 0.15) is 26.3 Å². The summed E-state index contributed by atoms with van der Waals surface area (Å²) in [5.41, 5.74) is 4.41. The summed E-state index contributed by atoms with van der Waals surface area (Å²) in [6, 6.07) is 16.5. The maximum atomic E-state index is 4.52. The van der Waals surface area contributed by atoms with Crippen LogP contribution in [-0.2, 0) is 6.42 Å². The van der Waals surface area contributed by atoms with Crippen LogP contribution in [-0.4, -0.2) is 28.3 Å². The number of aromatic nitrogens is 3. The Morgan fingerprint density at radius 2 is 1.63 bits per heavy atom. The molecule has 140 valence electrons. The highest BCUT2D eigenvalue weighted by Crippen LogP contribution is 2.22. The lowest BCUT2D eigenvalue weighted by molar-refractivity contribution is 0.866. The molecule has 0 unspecified atom stereocenters. The van der Waals surface area contributed by atoms with Crippen LogP contribution in [0.2, 0.25) is 0 Å². The lowest BCUT2D eigenvalue weighted by Gasteiger charge is -2.21. The minimum absolute atomic E-state index is 0.463. The summed E-state index contributed by atoms with van der Waals surface area (Å²) >= 11 is 0. The zero-order chi connectivity index (χ0) is 19.1. The van der Waals surface area contributed by atoms with E-state index in [1.54, 1.807) is 6.20 Å². The topological polar surface area (TPSA) is 66.0 Å². The van der Waals surface area contributed by atoms with Crippen molar-refractivity contribution >= 4 is 28.8 Å². The Balaban J connectivity index is 1.72. The van der Waals surface area contributed by atoms with Crippen LogP contribution in [0.25, 0.3) is 0 Å². The molecule has 0 spiro atoms. The van der Waals surface area contributed by atoms with E-state index in [4.69, 9.17) is 0 Å². The van der Waals surface area contributed by atoms with Crippen LogP contribution in [0.5, 0.6) is 0 Å². The fraction of sp³-hybridized carbons (Fsp3) is 0.286. The summed E-state index contributed by atoms with van der Waals surface area (Å²) in [5, 5.41) is 14.7. The summed E-state index contributed by atoms with van der Waals surface area (Å²) in [5.74, 6) is 1.12. The highest BCUT2D eigenvalue weighted by atomic mass is 15.3. The number of benzene rings is 2. The Morgan fingerprint density at radius 1 is 0.889 bits per heavy atom. The number of hydrogen-bond donors (Lipinski definition) is 2. The molecule has 3 aromatic rings. The van der Waals surface area contributed by atoms with E-state index in [1.165, 1.54) is 11.3 Å². The number of nitrogens with zero attached hydrogens (tertiary/aromatic N) is 4. The Kier molecular flexibility index (Phi) is 6.20. The molecule has 6 nitrogen and oxygen atoms in total. The SMILES string of the molecule is CCc1ccccc1Nc1cnnc(Nc2ccc(N(CC)CC)cc2)n1. The van der Waals surface area contributed by atoms with E-state index in [2.05, 4.69) is 69.7 Å². The number of para-hydroxylation sites is 1. The summed E-state index contributed by atoms with van der Waals surface area (Å²) < 4.78 is 0. The Hall–Kier alpha value is -3.15. The maximum Gasteiger partial charge on any atom is 0.249 e. The minimum Gasteiger partial charge on any atom is -0.372 e. The molecule has 0 radical (unpaired) electrons. The Morgan fingerprint density at radius 3 is 2.33 bits per heavy atom. The summed E-state index contributed by atoms with van der Waals surface area (Å²) in [6.45, 7) is 8.43. The van der Waals surface area contributed by atoms with Gasteiger partial charge in [-0.25, -0.2) is 0 Å². The van der Waals surface area contributed by atoms with E-state index in [-0.39, 0.29) is 0 Å². The third-order valence-electron chi connectivity index (χ3n) is 4.47. The second kappa shape index (κ2) is 8.98. The largest absolute Gasteiger partial charge is 0.372 e. The van der Waals surface area contributed by atoms with Crippen LogP contribution in [0.4, 0.5) is 28.8 Å². The average molecular weight is 362 g/mol. The number of anilines is 5. The van der Waals surface area contributed by atoms with Gasteiger partial charge in [0.05, 0.1) is 6.20 Å². The standard InChI is InChI=1S/C21H26N6/c1-4-16-9-7-8-10-19(16)24-20-15-22-26-21(25-20)23-17-11-13-18(14-12-17)27(5-2)6-3/h7-15H,4-6H2,1-3H3,(H2,23,24,25,26). The van der Waals surface area contributed by atoms with Gasteiger partial charge in [-0.05, 0) is 56.2 Å². The second-order valence-corrected chi connectivity index (χ2v) is 6.15. The van der Waals surface area contributed by atoms with Gasteiger partial charge in [0.1, 0.15) is 0 Å². The van der Waals surface area contributed by atoms with Crippen LogP contribution < -0.4 is 15.5 Å². The van der Waals surface area contributed by atoms with Crippen molar-refractivity contribution in [2.45, 2.75) is 27.2 Å². The van der Waals surface area contributed by atoms with E-state index in [9.17, 15) is 0 Å². The minimum atomic E-state index is 0.463. The third-order valence-corrected chi connectivity index (χ3v) is 4.47. The van der Waals surface area contributed by atoms with Gasteiger partial charge in [-0.3, -0.25) is 0 Å². The fourth-order valence-electron chi connectivity index (χ4n) is 2.98. The second-order valence-electron chi connectivity index (χ2n) is 6.15. The van der Waals surface area contributed by atoms with Crippen molar-refractivity contribution in [3.05, 3.63) is 60.3 Å². The van der Waals surface area contributed by atoms with Crippen LogP contribution >= 0.6 is 0 Å². The fourth-order valence-corrected chi connectivity index (χ4v) is 2.98. The van der Waals surface area contributed by atoms with E-state index in [0.29, 0.717) is 11.8 Å². The molecule has 0 saturated heterocycles. The first kappa shape index (κ1) is 18.6. The highest BCUT2D eigenvalue weighted by molar-refractivity contribution is 5.63. The van der Waals surface area contributed by atoms with Gasteiger partial charge in [0.15, 0.2) is 5.82 Å². The van der Waals surface area contributed by atoms with Crippen LogP contribution in [0.15, 0.2) is 54.7 Å². The van der Waals surface area contributed by atoms with Crippen LogP contribution in [0, 0.1) is 0 Å². The van der Waals surface area contributed by atoms with Crippen LogP contribution in [0.3, 0.4) is 0 Å². The van der Waals surface area contributed by atoms with Crippen molar-refractivity contribution in [2.75, 3.05) is 28.6 Å². The van der Waals surface area contributed by atoms with E-state index in [0.717, 1.165) is 30.9 Å². The third kappa shape index (κ3) is 4.73. The molecule has 0 aliphatic carbocycles. The molecule has 3 rings (SSSR count). The first-order valence-corrected chi connectivity index (χ1v) is 9.40. The van der Waals surface area contributed by atoms with Gasteiger partial charge < -0.3 is 15.5 Å². The van der Waals surface area contributed by atoms with Crippen molar-refractivity contribution in [1.82, 2.24) is 15.2 Å². The van der Waals surface area contributed by atoms with E-state index in [1.807, 2.05) is 30.3 Å². The first-order valence-electron chi connectivity index (χ1n) is 9.40. The maximum absolute atomic E-state index is 4.52. The number of rotatable bonds is 8. The van der Waals surface area contributed by atoms with Crippen molar-refractivity contribution in [1.29, 1.82) is 0 Å². The molecule has 0 bridgehead atoms. The number of nitrogens with one attached hydrogen (secondary N) is 2.